The molecule has 5 nitrogen and oxygen atoms in total. The maximum absolute atomic E-state index is 12.8. The number of carbonyl (C=O) groups is 1. The summed E-state index contributed by atoms with van der Waals surface area (Å²) in [5.74, 6) is 0.609. The van der Waals surface area contributed by atoms with Crippen LogP contribution in [0, 0.1) is 11.8 Å². The summed E-state index contributed by atoms with van der Waals surface area (Å²) in [6, 6.07) is 6.47. The Labute approximate surface area is 131 Å². The number of nitrogens with two attached hydrogens (primary N) is 1. The van der Waals surface area contributed by atoms with E-state index >= 15 is 0 Å². The van der Waals surface area contributed by atoms with Crippen LogP contribution in [0.5, 0.6) is 0 Å². The SMILES string of the molecule is CCC(=O)c1cccc(S(=O)(=O)N2CC3CCC(N)C3C2)c1. The molecule has 1 saturated carbocycles. The number of hydrogen-bond donors (Lipinski definition) is 1. The van der Waals surface area contributed by atoms with Crippen LogP contribution in [0.15, 0.2) is 29.2 Å². The van der Waals surface area contributed by atoms with E-state index in [1.807, 2.05) is 0 Å². The van der Waals surface area contributed by atoms with Gasteiger partial charge in [0.05, 0.1) is 4.90 Å². The number of carbonyl (C=O) groups excluding carboxylic acids is 1. The molecule has 3 unspecified atom stereocenters. The molecular formula is C16H22N2O3S. The number of hydrogen-bond acceptors (Lipinski definition) is 4. The van der Waals surface area contributed by atoms with Gasteiger partial charge in [-0.3, -0.25) is 4.79 Å². The average molecular weight is 322 g/mol. The third-order valence-electron chi connectivity index (χ3n) is 4.99. The van der Waals surface area contributed by atoms with E-state index in [0.29, 0.717) is 31.0 Å². The zero-order valence-electron chi connectivity index (χ0n) is 12.7. The molecule has 2 aliphatic rings. The zero-order valence-corrected chi connectivity index (χ0v) is 13.6. The van der Waals surface area contributed by atoms with Gasteiger partial charge in [-0.05, 0) is 36.8 Å². The molecule has 2 fully saturated rings. The predicted molar refractivity (Wildman–Crippen MR) is 84.0 cm³/mol. The number of ketones is 1. The van der Waals surface area contributed by atoms with Crippen LogP contribution in [0.3, 0.4) is 0 Å². The van der Waals surface area contributed by atoms with Gasteiger partial charge in [0.1, 0.15) is 0 Å². The number of Topliss-reactive ketones (excluding diaryl/α,β-unsaturated/α-hetero) is 1. The van der Waals surface area contributed by atoms with E-state index < -0.39 is 10.0 Å². The first-order chi connectivity index (χ1) is 10.4. The Bertz CT molecular complexity index is 686. The Morgan fingerprint density at radius 3 is 2.77 bits per heavy atom. The molecule has 6 heteroatoms. The summed E-state index contributed by atoms with van der Waals surface area (Å²) in [6.07, 6.45) is 2.36. The van der Waals surface area contributed by atoms with E-state index in [2.05, 4.69) is 0 Å². The van der Waals surface area contributed by atoms with Crippen LogP contribution in [-0.2, 0) is 10.0 Å². The largest absolute Gasteiger partial charge is 0.327 e. The van der Waals surface area contributed by atoms with Gasteiger partial charge in [0, 0.05) is 31.1 Å². The second-order valence-corrected chi connectivity index (χ2v) is 8.23. The second kappa shape index (κ2) is 5.76. The van der Waals surface area contributed by atoms with Gasteiger partial charge in [-0.15, -0.1) is 0 Å². The van der Waals surface area contributed by atoms with E-state index in [4.69, 9.17) is 5.73 Å². The lowest BCUT2D eigenvalue weighted by molar-refractivity contribution is 0.0988. The number of nitrogens with zero attached hydrogens (tertiary/aromatic N) is 1. The van der Waals surface area contributed by atoms with E-state index in [-0.39, 0.29) is 22.6 Å². The van der Waals surface area contributed by atoms with Crippen molar-refractivity contribution in [2.75, 3.05) is 13.1 Å². The van der Waals surface area contributed by atoms with Crippen molar-refractivity contribution >= 4 is 15.8 Å². The molecule has 1 aliphatic carbocycles. The van der Waals surface area contributed by atoms with E-state index in [0.717, 1.165) is 12.8 Å². The van der Waals surface area contributed by atoms with Gasteiger partial charge in [-0.1, -0.05) is 19.1 Å². The molecule has 1 heterocycles. The molecule has 0 spiro atoms. The lowest BCUT2D eigenvalue weighted by Gasteiger charge is -2.19. The summed E-state index contributed by atoms with van der Waals surface area (Å²) in [6.45, 7) is 2.82. The minimum atomic E-state index is -3.54. The molecular weight excluding hydrogens is 300 g/mol. The van der Waals surface area contributed by atoms with Gasteiger partial charge < -0.3 is 5.73 Å². The summed E-state index contributed by atoms with van der Waals surface area (Å²) in [4.78, 5) is 12.0. The molecule has 2 N–H and O–H groups in total. The number of benzene rings is 1. The van der Waals surface area contributed by atoms with Gasteiger partial charge in [0.15, 0.2) is 5.78 Å². The topological polar surface area (TPSA) is 80.5 Å². The molecule has 1 aliphatic heterocycles. The van der Waals surface area contributed by atoms with Crippen molar-refractivity contribution in [3.63, 3.8) is 0 Å². The highest BCUT2D eigenvalue weighted by atomic mass is 32.2. The molecule has 1 aromatic carbocycles. The highest BCUT2D eigenvalue weighted by Gasteiger charge is 2.45. The molecule has 0 radical (unpaired) electrons. The highest BCUT2D eigenvalue weighted by Crippen LogP contribution is 2.39. The molecule has 120 valence electrons. The fraction of sp³-hybridized carbons (Fsp3) is 0.562. The standard InChI is InChI=1S/C16H22N2O3S/c1-2-16(19)11-4-3-5-13(8-11)22(20,21)18-9-12-6-7-15(17)14(12)10-18/h3-5,8,12,14-15H,2,6-7,9-10,17H2,1H3. The van der Waals surface area contributed by atoms with Crippen LogP contribution in [0.25, 0.3) is 0 Å². The fourth-order valence-electron chi connectivity index (χ4n) is 3.65. The Morgan fingerprint density at radius 1 is 1.32 bits per heavy atom. The van der Waals surface area contributed by atoms with Crippen molar-refractivity contribution in [2.24, 2.45) is 17.6 Å². The second-order valence-electron chi connectivity index (χ2n) is 6.29. The van der Waals surface area contributed by atoms with E-state index in [1.165, 1.54) is 10.4 Å². The van der Waals surface area contributed by atoms with Crippen LogP contribution in [-0.4, -0.2) is 37.6 Å². The van der Waals surface area contributed by atoms with Crippen molar-refractivity contribution in [2.45, 2.75) is 37.1 Å². The molecule has 1 saturated heterocycles. The smallest absolute Gasteiger partial charge is 0.243 e. The summed E-state index contributed by atoms with van der Waals surface area (Å²) in [5, 5.41) is 0. The van der Waals surface area contributed by atoms with Crippen LogP contribution in [0.4, 0.5) is 0 Å². The van der Waals surface area contributed by atoms with Crippen LogP contribution < -0.4 is 5.73 Å². The molecule has 22 heavy (non-hydrogen) atoms. The van der Waals surface area contributed by atoms with Crippen molar-refractivity contribution in [1.82, 2.24) is 4.31 Å². The first-order valence-electron chi connectivity index (χ1n) is 7.82. The maximum Gasteiger partial charge on any atom is 0.243 e. The summed E-state index contributed by atoms with van der Waals surface area (Å²) in [5.41, 5.74) is 6.54. The van der Waals surface area contributed by atoms with Gasteiger partial charge in [0.2, 0.25) is 10.0 Å². The van der Waals surface area contributed by atoms with Gasteiger partial charge in [-0.2, -0.15) is 4.31 Å². The fourth-order valence-corrected chi connectivity index (χ4v) is 5.23. The van der Waals surface area contributed by atoms with E-state index in [1.54, 1.807) is 25.1 Å². The minimum Gasteiger partial charge on any atom is -0.327 e. The average Bonchev–Trinajstić information content (AvgIpc) is 3.09. The number of rotatable bonds is 4. The van der Waals surface area contributed by atoms with Crippen LogP contribution in [0.2, 0.25) is 0 Å². The molecule has 0 bridgehead atoms. The first-order valence-corrected chi connectivity index (χ1v) is 9.26. The minimum absolute atomic E-state index is 0.0441. The zero-order chi connectivity index (χ0) is 15.9. The van der Waals surface area contributed by atoms with Crippen molar-refractivity contribution < 1.29 is 13.2 Å². The third-order valence-corrected chi connectivity index (χ3v) is 6.82. The van der Waals surface area contributed by atoms with E-state index in [9.17, 15) is 13.2 Å². The molecule has 3 rings (SSSR count). The Hall–Kier alpha value is -1.24. The lowest BCUT2D eigenvalue weighted by atomic mass is 9.98. The first kappa shape index (κ1) is 15.6. The Balaban J connectivity index is 1.86. The normalized spacial score (nSPS) is 28.7. The van der Waals surface area contributed by atoms with Crippen molar-refractivity contribution in [3.8, 4) is 0 Å². The van der Waals surface area contributed by atoms with Crippen LogP contribution >= 0.6 is 0 Å². The highest BCUT2D eigenvalue weighted by molar-refractivity contribution is 7.89. The summed E-state index contributed by atoms with van der Waals surface area (Å²) < 4.78 is 27.2. The summed E-state index contributed by atoms with van der Waals surface area (Å²) in [7, 11) is -3.54. The van der Waals surface area contributed by atoms with Gasteiger partial charge >= 0.3 is 0 Å². The predicted octanol–water partition coefficient (Wildman–Crippen LogP) is 1.64. The maximum atomic E-state index is 12.8. The van der Waals surface area contributed by atoms with Crippen molar-refractivity contribution in [3.05, 3.63) is 29.8 Å². The molecule has 0 amide bonds. The molecule has 1 aromatic rings. The monoisotopic (exact) mass is 322 g/mol. The van der Waals surface area contributed by atoms with Crippen LogP contribution in [0.1, 0.15) is 36.5 Å². The Kier molecular flexibility index (Phi) is 4.09. The molecule has 0 aromatic heterocycles. The number of sulfonamides is 1. The Morgan fingerprint density at radius 2 is 2.09 bits per heavy atom. The van der Waals surface area contributed by atoms with Crippen molar-refractivity contribution in [1.29, 1.82) is 0 Å². The van der Waals surface area contributed by atoms with Gasteiger partial charge in [0.25, 0.3) is 0 Å². The molecule has 3 atom stereocenters. The quantitative estimate of drug-likeness (QED) is 0.855. The third kappa shape index (κ3) is 2.59. The summed E-state index contributed by atoms with van der Waals surface area (Å²) >= 11 is 0. The lowest BCUT2D eigenvalue weighted by Crippen LogP contribution is -2.33. The van der Waals surface area contributed by atoms with Gasteiger partial charge in [-0.25, -0.2) is 8.42 Å². The number of fused-ring (bicyclic) bond motifs is 1.